The molecule has 3 rings (SSSR count). The molecule has 1 N–H and O–H groups in total. The van der Waals surface area contributed by atoms with Crippen molar-refractivity contribution in [3.63, 3.8) is 0 Å². The van der Waals surface area contributed by atoms with Crippen molar-refractivity contribution in [2.45, 2.75) is 26.8 Å². The average molecular weight is 347 g/mol. The number of nitrogens with zero attached hydrogens (tertiary/aromatic N) is 2. The Labute approximate surface area is 152 Å². The third kappa shape index (κ3) is 3.88. The van der Waals surface area contributed by atoms with E-state index < -0.39 is 0 Å². The van der Waals surface area contributed by atoms with Crippen molar-refractivity contribution in [1.29, 1.82) is 0 Å². The van der Waals surface area contributed by atoms with Crippen molar-refractivity contribution in [2.75, 3.05) is 5.32 Å². The second kappa shape index (κ2) is 7.78. The molecular formula is C21H21N3O2. The van der Waals surface area contributed by atoms with E-state index in [4.69, 9.17) is 0 Å². The number of carbonyl (C=O) groups excluding carboxylic acids is 1. The standard InChI is InChI=1S/C21H21N3O2/c1-3-16-9-7-8-12-18(16)23-20(25)14-24-15(2)22-19(13-21(24)26)17-10-5-4-6-11-17/h4-13H,3,14H2,1-2H3,(H,23,25). The molecule has 26 heavy (non-hydrogen) atoms. The van der Waals surface area contributed by atoms with Gasteiger partial charge in [-0.05, 0) is 25.0 Å². The zero-order valence-electron chi connectivity index (χ0n) is 14.9. The highest BCUT2D eigenvalue weighted by Crippen LogP contribution is 2.16. The summed E-state index contributed by atoms with van der Waals surface area (Å²) in [7, 11) is 0. The van der Waals surface area contributed by atoms with Gasteiger partial charge in [0.2, 0.25) is 5.91 Å². The van der Waals surface area contributed by atoms with Gasteiger partial charge < -0.3 is 5.32 Å². The normalized spacial score (nSPS) is 10.5. The molecule has 132 valence electrons. The molecule has 0 fully saturated rings. The van der Waals surface area contributed by atoms with Crippen LogP contribution >= 0.6 is 0 Å². The van der Waals surface area contributed by atoms with Gasteiger partial charge in [-0.2, -0.15) is 0 Å². The van der Waals surface area contributed by atoms with Crippen molar-refractivity contribution in [3.8, 4) is 11.3 Å². The fraction of sp³-hybridized carbons (Fsp3) is 0.190. The van der Waals surface area contributed by atoms with Gasteiger partial charge in [-0.25, -0.2) is 4.98 Å². The molecule has 0 aliphatic carbocycles. The number of hydrogen-bond acceptors (Lipinski definition) is 3. The molecule has 0 atom stereocenters. The average Bonchev–Trinajstić information content (AvgIpc) is 2.65. The van der Waals surface area contributed by atoms with Crippen LogP contribution in [0.2, 0.25) is 0 Å². The van der Waals surface area contributed by atoms with E-state index in [2.05, 4.69) is 10.3 Å². The number of amides is 1. The van der Waals surface area contributed by atoms with Gasteiger partial charge in [-0.1, -0.05) is 55.5 Å². The Kier molecular flexibility index (Phi) is 5.27. The van der Waals surface area contributed by atoms with Crippen LogP contribution in [0.25, 0.3) is 11.3 Å². The lowest BCUT2D eigenvalue weighted by atomic mass is 10.1. The van der Waals surface area contributed by atoms with E-state index in [1.54, 1.807) is 6.92 Å². The Hall–Kier alpha value is -3.21. The Balaban J connectivity index is 1.82. The zero-order chi connectivity index (χ0) is 18.5. The summed E-state index contributed by atoms with van der Waals surface area (Å²) in [6, 6.07) is 18.6. The molecule has 0 radical (unpaired) electrons. The summed E-state index contributed by atoms with van der Waals surface area (Å²) in [5, 5.41) is 2.88. The molecule has 0 aliphatic heterocycles. The van der Waals surface area contributed by atoms with Crippen molar-refractivity contribution < 1.29 is 4.79 Å². The minimum atomic E-state index is -0.245. The lowest BCUT2D eigenvalue weighted by Crippen LogP contribution is -2.30. The summed E-state index contributed by atoms with van der Waals surface area (Å²) in [6.45, 7) is 3.71. The summed E-state index contributed by atoms with van der Waals surface area (Å²) >= 11 is 0. The topological polar surface area (TPSA) is 64.0 Å². The maximum Gasteiger partial charge on any atom is 0.254 e. The fourth-order valence-electron chi connectivity index (χ4n) is 2.85. The largest absolute Gasteiger partial charge is 0.324 e. The van der Waals surface area contributed by atoms with E-state index in [1.165, 1.54) is 10.6 Å². The van der Waals surface area contributed by atoms with Crippen molar-refractivity contribution in [1.82, 2.24) is 9.55 Å². The predicted molar refractivity (Wildman–Crippen MR) is 103 cm³/mol. The first-order valence-corrected chi connectivity index (χ1v) is 8.60. The first-order chi connectivity index (χ1) is 12.6. The number of benzene rings is 2. The summed E-state index contributed by atoms with van der Waals surface area (Å²) in [5.74, 6) is 0.264. The predicted octanol–water partition coefficient (Wildman–Crippen LogP) is 3.42. The molecular weight excluding hydrogens is 326 g/mol. The summed E-state index contributed by atoms with van der Waals surface area (Å²) < 4.78 is 1.39. The fourth-order valence-corrected chi connectivity index (χ4v) is 2.85. The minimum absolute atomic E-state index is 0.0647. The SMILES string of the molecule is CCc1ccccc1NC(=O)Cn1c(C)nc(-c2ccccc2)cc1=O. The van der Waals surface area contributed by atoms with Crippen LogP contribution in [0.4, 0.5) is 5.69 Å². The molecule has 0 saturated carbocycles. The molecule has 1 heterocycles. The summed E-state index contributed by atoms with van der Waals surface area (Å²) in [4.78, 5) is 29.4. The zero-order valence-corrected chi connectivity index (χ0v) is 14.9. The van der Waals surface area contributed by atoms with Crippen LogP contribution in [0, 0.1) is 6.92 Å². The lowest BCUT2D eigenvalue weighted by molar-refractivity contribution is -0.116. The quantitative estimate of drug-likeness (QED) is 0.769. The highest BCUT2D eigenvalue weighted by Gasteiger charge is 2.12. The number of nitrogens with one attached hydrogen (secondary N) is 1. The van der Waals surface area contributed by atoms with Gasteiger partial charge in [0.05, 0.1) is 5.69 Å². The minimum Gasteiger partial charge on any atom is -0.324 e. The number of carbonyl (C=O) groups is 1. The van der Waals surface area contributed by atoms with Gasteiger partial charge in [0, 0.05) is 17.3 Å². The van der Waals surface area contributed by atoms with Crippen LogP contribution in [-0.4, -0.2) is 15.5 Å². The second-order valence-electron chi connectivity index (χ2n) is 6.04. The maximum absolute atomic E-state index is 12.5. The number of hydrogen-bond donors (Lipinski definition) is 1. The second-order valence-corrected chi connectivity index (χ2v) is 6.04. The Bertz CT molecular complexity index is 978. The Morgan fingerprint density at radius 3 is 2.46 bits per heavy atom. The van der Waals surface area contributed by atoms with E-state index in [-0.39, 0.29) is 18.0 Å². The molecule has 0 spiro atoms. The number of aromatic nitrogens is 2. The molecule has 0 bridgehead atoms. The monoisotopic (exact) mass is 347 g/mol. The smallest absolute Gasteiger partial charge is 0.254 e. The summed E-state index contributed by atoms with van der Waals surface area (Å²) in [5.41, 5.74) is 3.08. The van der Waals surface area contributed by atoms with Crippen LogP contribution in [0.15, 0.2) is 65.5 Å². The molecule has 5 heteroatoms. The molecule has 0 unspecified atom stereocenters. The van der Waals surface area contributed by atoms with E-state index in [1.807, 2.05) is 61.5 Å². The van der Waals surface area contributed by atoms with Crippen LogP contribution < -0.4 is 10.9 Å². The van der Waals surface area contributed by atoms with Gasteiger partial charge in [-0.3, -0.25) is 14.2 Å². The van der Waals surface area contributed by atoms with Gasteiger partial charge in [0.1, 0.15) is 12.4 Å². The van der Waals surface area contributed by atoms with Gasteiger partial charge in [-0.15, -0.1) is 0 Å². The number of aryl methyl sites for hydroxylation is 2. The highest BCUT2D eigenvalue weighted by molar-refractivity contribution is 5.91. The van der Waals surface area contributed by atoms with Crippen LogP contribution in [0.1, 0.15) is 18.3 Å². The van der Waals surface area contributed by atoms with Crippen molar-refractivity contribution >= 4 is 11.6 Å². The first kappa shape index (κ1) is 17.6. The first-order valence-electron chi connectivity index (χ1n) is 8.60. The number of rotatable bonds is 5. The van der Waals surface area contributed by atoms with E-state index >= 15 is 0 Å². The van der Waals surface area contributed by atoms with Crippen LogP contribution in [0.5, 0.6) is 0 Å². The summed E-state index contributed by atoms with van der Waals surface area (Å²) in [6.07, 6.45) is 0.822. The van der Waals surface area contributed by atoms with Crippen molar-refractivity contribution in [2.24, 2.45) is 0 Å². The lowest BCUT2D eigenvalue weighted by Gasteiger charge is -2.13. The molecule has 1 aromatic heterocycles. The van der Waals surface area contributed by atoms with Gasteiger partial charge >= 0.3 is 0 Å². The number of para-hydroxylation sites is 1. The van der Waals surface area contributed by atoms with E-state index in [0.29, 0.717) is 11.5 Å². The highest BCUT2D eigenvalue weighted by atomic mass is 16.2. The van der Waals surface area contributed by atoms with E-state index in [0.717, 1.165) is 23.2 Å². The van der Waals surface area contributed by atoms with Gasteiger partial charge in [0.15, 0.2) is 0 Å². The van der Waals surface area contributed by atoms with E-state index in [9.17, 15) is 9.59 Å². The molecule has 0 saturated heterocycles. The molecule has 1 amide bonds. The third-order valence-electron chi connectivity index (χ3n) is 4.24. The maximum atomic E-state index is 12.5. The Morgan fingerprint density at radius 2 is 1.77 bits per heavy atom. The molecule has 2 aromatic carbocycles. The third-order valence-corrected chi connectivity index (χ3v) is 4.24. The van der Waals surface area contributed by atoms with Crippen LogP contribution in [-0.2, 0) is 17.8 Å². The molecule has 3 aromatic rings. The Morgan fingerprint density at radius 1 is 1.08 bits per heavy atom. The van der Waals surface area contributed by atoms with Gasteiger partial charge in [0.25, 0.3) is 5.56 Å². The van der Waals surface area contributed by atoms with Crippen molar-refractivity contribution in [3.05, 3.63) is 82.4 Å². The molecule has 5 nitrogen and oxygen atoms in total. The molecule has 0 aliphatic rings. The van der Waals surface area contributed by atoms with Crippen LogP contribution in [0.3, 0.4) is 0 Å². The number of anilines is 1.